The van der Waals surface area contributed by atoms with Gasteiger partial charge >= 0.3 is 0 Å². The van der Waals surface area contributed by atoms with E-state index in [1.807, 2.05) is 36.4 Å². The fraction of sp³-hybridized carbons (Fsp3) is 0.143. The molecule has 3 N–H and O–H groups in total. The van der Waals surface area contributed by atoms with Crippen molar-refractivity contribution in [1.29, 1.82) is 0 Å². The summed E-state index contributed by atoms with van der Waals surface area (Å²) in [6.07, 6.45) is 3.22. The number of rotatable bonds is 4. The van der Waals surface area contributed by atoms with Crippen LogP contribution in [-0.4, -0.2) is 10.9 Å². The Balaban J connectivity index is 1.78. The van der Waals surface area contributed by atoms with Gasteiger partial charge in [0.05, 0.1) is 5.52 Å². The number of nitrogens with two attached hydrogens (primary N) is 1. The third-order valence-electron chi connectivity index (χ3n) is 4.02. The molecule has 0 aliphatic carbocycles. The number of benzene rings is 2. The Hall–Kier alpha value is -2.85. The molecule has 0 aliphatic rings. The molecule has 3 rings (SSSR count). The molecule has 0 atom stereocenters. The van der Waals surface area contributed by atoms with Gasteiger partial charge in [0.25, 0.3) is 0 Å². The van der Waals surface area contributed by atoms with Crippen molar-refractivity contribution in [3.63, 3.8) is 0 Å². The molecular formula is C21H20ClN3O. The van der Waals surface area contributed by atoms with E-state index < -0.39 is 0 Å². The van der Waals surface area contributed by atoms with Gasteiger partial charge in [0.15, 0.2) is 0 Å². The van der Waals surface area contributed by atoms with Crippen LogP contribution in [0.15, 0.2) is 54.6 Å². The number of hydrogen-bond donors (Lipinski definition) is 2. The van der Waals surface area contributed by atoms with Crippen LogP contribution in [0.5, 0.6) is 0 Å². The monoisotopic (exact) mass is 365 g/mol. The smallest absolute Gasteiger partial charge is 0.248 e. The van der Waals surface area contributed by atoms with Gasteiger partial charge in [0.2, 0.25) is 5.91 Å². The second kappa shape index (κ2) is 7.58. The molecule has 0 saturated heterocycles. The molecule has 1 aromatic heterocycles. The lowest BCUT2D eigenvalue weighted by molar-refractivity contribution is -0.111. The van der Waals surface area contributed by atoms with Crippen LogP contribution in [0.25, 0.3) is 17.0 Å². The Kier molecular flexibility index (Phi) is 5.24. The summed E-state index contributed by atoms with van der Waals surface area (Å²) in [5.41, 5.74) is 10.2. The van der Waals surface area contributed by atoms with E-state index >= 15 is 0 Å². The van der Waals surface area contributed by atoms with Gasteiger partial charge in [-0.3, -0.25) is 9.78 Å². The van der Waals surface area contributed by atoms with Gasteiger partial charge in [0, 0.05) is 33.6 Å². The van der Waals surface area contributed by atoms with Crippen LogP contribution in [0.1, 0.15) is 31.0 Å². The summed E-state index contributed by atoms with van der Waals surface area (Å²) in [6, 6.07) is 14.7. The molecule has 26 heavy (non-hydrogen) atoms. The second-order valence-corrected chi connectivity index (χ2v) is 6.83. The maximum Gasteiger partial charge on any atom is 0.248 e. The van der Waals surface area contributed by atoms with Gasteiger partial charge < -0.3 is 11.1 Å². The number of nitrogens with one attached hydrogen (secondary N) is 1. The molecule has 4 nitrogen and oxygen atoms in total. The standard InChI is InChI=1S/C21H20ClN3O/c1-13(2)20-12-18(23)17-11-16(8-9-19(17)25-20)24-21(26)10-5-14-3-6-15(22)7-4-14/h3-13H,1-2H3,(H2,23,25)(H,24,26)/b10-5+. The maximum absolute atomic E-state index is 12.1. The zero-order valence-electron chi connectivity index (χ0n) is 14.7. The van der Waals surface area contributed by atoms with Crippen LogP contribution >= 0.6 is 11.6 Å². The summed E-state index contributed by atoms with van der Waals surface area (Å²) in [7, 11) is 0. The predicted molar refractivity (Wildman–Crippen MR) is 109 cm³/mol. The van der Waals surface area contributed by atoms with Gasteiger partial charge in [-0.15, -0.1) is 0 Å². The molecule has 0 saturated carbocycles. The maximum atomic E-state index is 12.1. The minimum Gasteiger partial charge on any atom is -0.398 e. The van der Waals surface area contributed by atoms with Crippen molar-refractivity contribution in [2.24, 2.45) is 0 Å². The fourth-order valence-electron chi connectivity index (χ4n) is 2.58. The molecule has 0 spiro atoms. The summed E-state index contributed by atoms with van der Waals surface area (Å²) in [4.78, 5) is 16.8. The van der Waals surface area contributed by atoms with Crippen molar-refractivity contribution in [2.75, 3.05) is 11.1 Å². The van der Waals surface area contributed by atoms with E-state index in [9.17, 15) is 4.79 Å². The predicted octanol–water partition coefficient (Wildman–Crippen LogP) is 5.25. The first-order chi connectivity index (χ1) is 12.4. The number of amides is 1. The Morgan fingerprint density at radius 2 is 1.88 bits per heavy atom. The van der Waals surface area contributed by atoms with Crippen molar-refractivity contribution in [3.05, 3.63) is 70.9 Å². The lowest BCUT2D eigenvalue weighted by Crippen LogP contribution is -2.08. The third-order valence-corrected chi connectivity index (χ3v) is 4.27. The Morgan fingerprint density at radius 1 is 1.15 bits per heavy atom. The first kappa shape index (κ1) is 18.0. The van der Waals surface area contributed by atoms with E-state index in [2.05, 4.69) is 24.1 Å². The first-order valence-electron chi connectivity index (χ1n) is 8.37. The molecule has 0 radical (unpaired) electrons. The summed E-state index contributed by atoms with van der Waals surface area (Å²) in [5.74, 6) is 0.0868. The molecule has 1 heterocycles. The molecule has 2 aromatic carbocycles. The van der Waals surface area contributed by atoms with E-state index in [0.29, 0.717) is 22.3 Å². The van der Waals surface area contributed by atoms with Gasteiger partial charge in [-0.05, 0) is 54.0 Å². The highest BCUT2D eigenvalue weighted by molar-refractivity contribution is 6.30. The Bertz CT molecular complexity index is 978. The minimum atomic E-state index is -0.218. The number of nitrogen functional groups attached to an aromatic ring is 1. The molecule has 5 heteroatoms. The number of nitrogens with zero attached hydrogens (tertiary/aromatic N) is 1. The van der Waals surface area contributed by atoms with E-state index in [1.165, 1.54) is 6.08 Å². The lowest BCUT2D eigenvalue weighted by atomic mass is 10.1. The highest BCUT2D eigenvalue weighted by atomic mass is 35.5. The van der Waals surface area contributed by atoms with Gasteiger partial charge in [0.1, 0.15) is 0 Å². The number of carbonyl (C=O) groups excluding carboxylic acids is 1. The third kappa shape index (κ3) is 4.21. The Labute approximate surface area is 157 Å². The van der Waals surface area contributed by atoms with Gasteiger partial charge in [-0.1, -0.05) is 37.6 Å². The number of hydrogen-bond acceptors (Lipinski definition) is 3. The van der Waals surface area contributed by atoms with Crippen LogP contribution in [0, 0.1) is 0 Å². The van der Waals surface area contributed by atoms with Crippen LogP contribution in [0.4, 0.5) is 11.4 Å². The van der Waals surface area contributed by atoms with E-state index in [0.717, 1.165) is 22.2 Å². The summed E-state index contributed by atoms with van der Waals surface area (Å²) >= 11 is 5.85. The van der Waals surface area contributed by atoms with Gasteiger partial charge in [-0.2, -0.15) is 0 Å². The molecular weight excluding hydrogens is 346 g/mol. The molecule has 0 fully saturated rings. The molecule has 1 amide bonds. The SMILES string of the molecule is CC(C)c1cc(N)c2cc(NC(=O)/C=C/c3ccc(Cl)cc3)ccc2n1. The summed E-state index contributed by atoms with van der Waals surface area (Å²) in [6.45, 7) is 4.16. The highest BCUT2D eigenvalue weighted by Gasteiger charge is 2.08. The number of halogens is 1. The average Bonchev–Trinajstić information content (AvgIpc) is 2.61. The van der Waals surface area contributed by atoms with Crippen LogP contribution in [0.3, 0.4) is 0 Å². The quantitative estimate of drug-likeness (QED) is 0.621. The molecule has 3 aromatic rings. The van der Waals surface area contributed by atoms with Gasteiger partial charge in [-0.25, -0.2) is 0 Å². The zero-order chi connectivity index (χ0) is 18.7. The molecule has 0 bridgehead atoms. The van der Waals surface area contributed by atoms with Crippen molar-refractivity contribution in [2.45, 2.75) is 19.8 Å². The first-order valence-corrected chi connectivity index (χ1v) is 8.75. The molecule has 0 unspecified atom stereocenters. The summed E-state index contributed by atoms with van der Waals surface area (Å²) < 4.78 is 0. The van der Waals surface area contributed by atoms with E-state index in [4.69, 9.17) is 17.3 Å². The molecule has 0 aliphatic heterocycles. The van der Waals surface area contributed by atoms with Crippen LogP contribution < -0.4 is 11.1 Å². The van der Waals surface area contributed by atoms with Crippen LogP contribution in [-0.2, 0) is 4.79 Å². The minimum absolute atomic E-state index is 0.218. The zero-order valence-corrected chi connectivity index (χ0v) is 15.4. The van der Waals surface area contributed by atoms with Crippen molar-refractivity contribution < 1.29 is 4.79 Å². The number of aromatic nitrogens is 1. The number of fused-ring (bicyclic) bond motifs is 1. The van der Waals surface area contributed by atoms with Crippen molar-refractivity contribution in [3.8, 4) is 0 Å². The average molecular weight is 366 g/mol. The van der Waals surface area contributed by atoms with Crippen LogP contribution in [0.2, 0.25) is 5.02 Å². The number of carbonyl (C=O) groups is 1. The van der Waals surface area contributed by atoms with Crippen molar-refractivity contribution in [1.82, 2.24) is 4.98 Å². The summed E-state index contributed by atoms with van der Waals surface area (Å²) in [5, 5.41) is 4.33. The number of pyridine rings is 1. The largest absolute Gasteiger partial charge is 0.398 e. The Morgan fingerprint density at radius 3 is 2.58 bits per heavy atom. The van der Waals surface area contributed by atoms with E-state index in [-0.39, 0.29) is 5.91 Å². The second-order valence-electron chi connectivity index (χ2n) is 6.40. The van der Waals surface area contributed by atoms with Crippen molar-refractivity contribution >= 4 is 45.9 Å². The normalized spacial score (nSPS) is 11.4. The number of anilines is 2. The molecule has 132 valence electrons. The topological polar surface area (TPSA) is 68.0 Å². The fourth-order valence-corrected chi connectivity index (χ4v) is 2.70. The lowest BCUT2D eigenvalue weighted by Gasteiger charge is -2.10. The highest BCUT2D eigenvalue weighted by Crippen LogP contribution is 2.26. The van der Waals surface area contributed by atoms with E-state index in [1.54, 1.807) is 18.2 Å².